The largest absolute Gasteiger partial charge is 0.380 e. The van der Waals surface area contributed by atoms with E-state index in [9.17, 15) is 0 Å². The van der Waals surface area contributed by atoms with Crippen molar-refractivity contribution in [3.8, 4) is 0 Å². The second-order valence-corrected chi connectivity index (χ2v) is 4.71. The van der Waals surface area contributed by atoms with E-state index in [1.807, 2.05) is 20.0 Å². The van der Waals surface area contributed by atoms with Gasteiger partial charge < -0.3 is 15.4 Å². The smallest absolute Gasteiger partial charge is 0.191 e. The minimum atomic E-state index is 0.691. The van der Waals surface area contributed by atoms with Crippen molar-refractivity contribution in [3.63, 3.8) is 0 Å². The molecule has 0 aromatic carbocycles. The normalized spacial score (nSPS) is 11.6. The Morgan fingerprint density at radius 1 is 1.53 bits per heavy atom. The van der Waals surface area contributed by atoms with Crippen LogP contribution in [0.2, 0.25) is 0 Å². The first-order valence-electron chi connectivity index (χ1n) is 5.69. The summed E-state index contributed by atoms with van der Waals surface area (Å²) in [5.41, 5.74) is 0. The number of nitrogens with one attached hydrogen (secondary N) is 2. The minimum absolute atomic E-state index is 0.691. The fraction of sp³-hybridized carbons (Fsp3) is 0.636. The number of rotatable bonds is 6. The summed E-state index contributed by atoms with van der Waals surface area (Å²) in [6, 6.07) is 0. The zero-order chi connectivity index (χ0) is 12.5. The molecule has 1 aromatic heterocycles. The van der Waals surface area contributed by atoms with Gasteiger partial charge in [0.1, 0.15) is 0 Å². The molecule has 0 amide bonds. The topological polar surface area (TPSA) is 58.5 Å². The summed E-state index contributed by atoms with van der Waals surface area (Å²) < 4.78 is 5.24. The maximum absolute atomic E-state index is 5.24. The highest BCUT2D eigenvalue weighted by molar-refractivity contribution is 7.11. The molecule has 1 aromatic rings. The molecule has 1 rings (SSSR count). The van der Waals surface area contributed by atoms with Crippen molar-refractivity contribution >= 4 is 17.3 Å². The third-order valence-corrected chi connectivity index (χ3v) is 2.98. The summed E-state index contributed by atoms with van der Waals surface area (Å²) in [6.07, 6.45) is 1.89. The highest BCUT2D eigenvalue weighted by atomic mass is 32.1. The number of aryl methyl sites for hydroxylation is 1. The predicted molar refractivity (Wildman–Crippen MR) is 71.5 cm³/mol. The van der Waals surface area contributed by atoms with Gasteiger partial charge in [-0.05, 0) is 13.8 Å². The highest BCUT2D eigenvalue weighted by Gasteiger charge is 2.00. The number of aliphatic imine (C=N–C) groups is 1. The van der Waals surface area contributed by atoms with Crippen LogP contribution in [0, 0.1) is 6.92 Å². The Hall–Kier alpha value is -1.14. The van der Waals surface area contributed by atoms with E-state index in [0.29, 0.717) is 6.61 Å². The number of aromatic nitrogens is 1. The van der Waals surface area contributed by atoms with Gasteiger partial charge in [-0.15, -0.1) is 11.3 Å². The lowest BCUT2D eigenvalue weighted by atomic mass is 10.5. The summed E-state index contributed by atoms with van der Waals surface area (Å²) in [5.74, 6) is 0.788. The maximum Gasteiger partial charge on any atom is 0.191 e. The molecule has 0 atom stereocenters. The number of thiazole rings is 1. The first-order valence-corrected chi connectivity index (χ1v) is 6.51. The van der Waals surface area contributed by atoms with Crippen LogP contribution in [0.4, 0.5) is 0 Å². The molecule has 0 saturated heterocycles. The monoisotopic (exact) mass is 256 g/mol. The molecular formula is C11H20N4OS. The molecule has 1 heterocycles. The van der Waals surface area contributed by atoms with Crippen LogP contribution in [0.1, 0.15) is 16.8 Å². The van der Waals surface area contributed by atoms with Crippen LogP contribution in [-0.4, -0.2) is 37.7 Å². The average molecular weight is 256 g/mol. The SMILES string of the molecule is CCOCCNC(=NC)NCc1cnc(C)s1. The third-order valence-electron chi connectivity index (χ3n) is 2.07. The lowest BCUT2D eigenvalue weighted by Gasteiger charge is -2.10. The van der Waals surface area contributed by atoms with Gasteiger partial charge in [0, 0.05) is 31.3 Å². The van der Waals surface area contributed by atoms with Gasteiger partial charge in [0.25, 0.3) is 0 Å². The van der Waals surface area contributed by atoms with E-state index < -0.39 is 0 Å². The molecule has 17 heavy (non-hydrogen) atoms. The molecule has 0 spiro atoms. The van der Waals surface area contributed by atoms with Crippen molar-refractivity contribution in [2.45, 2.75) is 20.4 Å². The van der Waals surface area contributed by atoms with Crippen LogP contribution in [0.25, 0.3) is 0 Å². The quantitative estimate of drug-likeness (QED) is 0.455. The molecule has 0 fully saturated rings. The van der Waals surface area contributed by atoms with E-state index in [1.165, 1.54) is 4.88 Å². The molecule has 0 aliphatic heterocycles. The summed E-state index contributed by atoms with van der Waals surface area (Å²) in [7, 11) is 1.76. The molecule has 2 N–H and O–H groups in total. The first-order chi connectivity index (χ1) is 8.26. The average Bonchev–Trinajstić information content (AvgIpc) is 2.74. The van der Waals surface area contributed by atoms with Crippen molar-refractivity contribution < 1.29 is 4.74 Å². The maximum atomic E-state index is 5.24. The molecule has 0 bridgehead atoms. The lowest BCUT2D eigenvalue weighted by molar-refractivity contribution is 0.152. The zero-order valence-corrected chi connectivity index (χ0v) is 11.4. The van der Waals surface area contributed by atoms with Crippen LogP contribution in [0.3, 0.4) is 0 Å². The molecule has 0 radical (unpaired) electrons. The van der Waals surface area contributed by atoms with Gasteiger partial charge >= 0.3 is 0 Å². The molecule has 5 nitrogen and oxygen atoms in total. The fourth-order valence-corrected chi connectivity index (χ4v) is 2.00. The van der Waals surface area contributed by atoms with E-state index in [0.717, 1.165) is 30.7 Å². The number of hydrogen-bond donors (Lipinski definition) is 2. The Morgan fingerprint density at radius 3 is 2.94 bits per heavy atom. The van der Waals surface area contributed by atoms with Crippen molar-refractivity contribution in [2.75, 3.05) is 26.8 Å². The van der Waals surface area contributed by atoms with E-state index in [2.05, 4.69) is 20.6 Å². The Balaban J connectivity index is 2.23. The zero-order valence-electron chi connectivity index (χ0n) is 10.6. The summed E-state index contributed by atoms with van der Waals surface area (Å²) in [4.78, 5) is 9.54. The number of hydrogen-bond acceptors (Lipinski definition) is 4. The van der Waals surface area contributed by atoms with E-state index >= 15 is 0 Å². The van der Waals surface area contributed by atoms with Crippen LogP contribution in [-0.2, 0) is 11.3 Å². The summed E-state index contributed by atoms with van der Waals surface area (Å²) in [5, 5.41) is 7.49. The minimum Gasteiger partial charge on any atom is -0.380 e. The molecule has 0 unspecified atom stereocenters. The van der Waals surface area contributed by atoms with Crippen molar-refractivity contribution in [1.82, 2.24) is 15.6 Å². The second-order valence-electron chi connectivity index (χ2n) is 3.40. The van der Waals surface area contributed by atoms with Crippen molar-refractivity contribution in [2.24, 2.45) is 4.99 Å². The Kier molecular flexibility index (Phi) is 6.57. The molecular weight excluding hydrogens is 236 g/mol. The standard InChI is InChI=1S/C11H20N4OS/c1-4-16-6-5-13-11(12-3)15-8-10-7-14-9(2)17-10/h7H,4-6,8H2,1-3H3,(H2,12,13,15). The van der Waals surface area contributed by atoms with Gasteiger partial charge in [-0.2, -0.15) is 0 Å². The van der Waals surface area contributed by atoms with Gasteiger partial charge in [0.2, 0.25) is 0 Å². The fourth-order valence-electron chi connectivity index (χ4n) is 1.26. The van der Waals surface area contributed by atoms with E-state index in [-0.39, 0.29) is 0 Å². The molecule has 0 saturated carbocycles. The van der Waals surface area contributed by atoms with E-state index in [4.69, 9.17) is 4.74 Å². The molecule has 96 valence electrons. The summed E-state index contributed by atoms with van der Waals surface area (Å²) in [6.45, 7) is 6.93. The Morgan fingerprint density at radius 2 is 2.35 bits per heavy atom. The highest BCUT2D eigenvalue weighted by Crippen LogP contribution is 2.10. The molecule has 6 heteroatoms. The first kappa shape index (κ1) is 13.9. The van der Waals surface area contributed by atoms with Crippen molar-refractivity contribution in [3.05, 3.63) is 16.1 Å². The van der Waals surface area contributed by atoms with Crippen LogP contribution >= 0.6 is 11.3 Å². The van der Waals surface area contributed by atoms with Crippen LogP contribution < -0.4 is 10.6 Å². The van der Waals surface area contributed by atoms with Gasteiger partial charge in [-0.3, -0.25) is 4.99 Å². The Labute approximate surface area is 106 Å². The predicted octanol–water partition coefficient (Wildman–Crippen LogP) is 1.15. The number of nitrogens with zero attached hydrogens (tertiary/aromatic N) is 2. The van der Waals surface area contributed by atoms with Crippen LogP contribution in [0.5, 0.6) is 0 Å². The van der Waals surface area contributed by atoms with Gasteiger partial charge in [0.15, 0.2) is 5.96 Å². The second kappa shape index (κ2) is 8.03. The van der Waals surface area contributed by atoms with Crippen molar-refractivity contribution in [1.29, 1.82) is 0 Å². The van der Waals surface area contributed by atoms with E-state index in [1.54, 1.807) is 18.4 Å². The number of ether oxygens (including phenoxy) is 1. The van der Waals surface area contributed by atoms with Crippen LogP contribution in [0.15, 0.2) is 11.2 Å². The molecule has 0 aliphatic carbocycles. The third kappa shape index (κ3) is 5.65. The lowest BCUT2D eigenvalue weighted by Crippen LogP contribution is -2.38. The number of guanidine groups is 1. The summed E-state index contributed by atoms with van der Waals surface area (Å²) >= 11 is 1.69. The Bertz CT molecular complexity index is 351. The van der Waals surface area contributed by atoms with Gasteiger partial charge in [-0.1, -0.05) is 0 Å². The molecule has 0 aliphatic rings. The van der Waals surface area contributed by atoms with Gasteiger partial charge in [0.05, 0.1) is 18.2 Å². The van der Waals surface area contributed by atoms with Gasteiger partial charge in [-0.25, -0.2) is 4.98 Å².